The maximum atomic E-state index is 14.5. The number of benzene rings is 1. The number of aliphatic hydroxyl groups excluding tert-OH is 2. The van der Waals surface area contributed by atoms with Gasteiger partial charge >= 0.3 is 0 Å². The van der Waals surface area contributed by atoms with Crippen molar-refractivity contribution >= 4 is 22.8 Å². The summed E-state index contributed by atoms with van der Waals surface area (Å²) < 4.78 is 42.7. The van der Waals surface area contributed by atoms with Gasteiger partial charge in [-0.3, -0.25) is 9.89 Å². The van der Waals surface area contributed by atoms with Crippen LogP contribution in [-0.4, -0.2) is 72.2 Å². The van der Waals surface area contributed by atoms with Crippen molar-refractivity contribution in [3.63, 3.8) is 0 Å². The molecule has 178 valence electrons. The van der Waals surface area contributed by atoms with Gasteiger partial charge in [-0.25, -0.2) is 23.1 Å². The predicted octanol–water partition coefficient (Wildman–Crippen LogP) is 1.71. The first kappa shape index (κ1) is 21.3. The van der Waals surface area contributed by atoms with Gasteiger partial charge in [-0.15, -0.1) is 0 Å². The van der Waals surface area contributed by atoms with Gasteiger partial charge in [-0.05, 0) is 36.5 Å². The van der Waals surface area contributed by atoms with Crippen LogP contribution in [0.25, 0.3) is 11.0 Å². The lowest BCUT2D eigenvalue weighted by Gasteiger charge is -2.25. The van der Waals surface area contributed by atoms with E-state index in [0.29, 0.717) is 0 Å². The molecule has 1 aromatic carbocycles. The number of halogens is 3. The SMILES string of the molecule is O=C(c1[nH]nc2ncnc(N[C@H]3[C@H](O)[C@H](O)[C@@H]4C[C@@H]43)c12)N1C[C@@H](F)C[C@@H]1c1cc(F)ccc1F. The number of hydrogen-bond acceptors (Lipinski definition) is 7. The molecule has 0 radical (unpaired) electrons. The summed E-state index contributed by atoms with van der Waals surface area (Å²) in [6.45, 7) is -0.298. The molecule has 34 heavy (non-hydrogen) atoms. The number of aromatic nitrogens is 4. The van der Waals surface area contributed by atoms with Crippen LogP contribution in [0.5, 0.6) is 0 Å². The number of alkyl halides is 1. The number of carbonyl (C=O) groups excluding carboxylic acids is 1. The molecular weight excluding hydrogens is 453 g/mol. The zero-order valence-corrected chi connectivity index (χ0v) is 17.7. The van der Waals surface area contributed by atoms with E-state index in [0.717, 1.165) is 29.5 Å². The van der Waals surface area contributed by atoms with Crippen LogP contribution in [-0.2, 0) is 0 Å². The van der Waals surface area contributed by atoms with Crippen LogP contribution in [0.3, 0.4) is 0 Å². The van der Waals surface area contributed by atoms with Crippen LogP contribution in [0.2, 0.25) is 0 Å². The summed E-state index contributed by atoms with van der Waals surface area (Å²) >= 11 is 0. The molecule has 0 unspecified atom stereocenters. The Bertz CT molecular complexity index is 1290. The fourth-order valence-electron chi connectivity index (χ4n) is 5.45. The first-order chi connectivity index (χ1) is 16.3. The monoisotopic (exact) mass is 474 g/mol. The lowest BCUT2D eigenvalue weighted by atomic mass is 10.0. The Morgan fingerprint density at radius 2 is 1.97 bits per heavy atom. The van der Waals surface area contributed by atoms with Crippen molar-refractivity contribution in [3.05, 3.63) is 47.4 Å². The van der Waals surface area contributed by atoms with Crippen LogP contribution in [0.1, 0.15) is 34.9 Å². The van der Waals surface area contributed by atoms with Crippen LogP contribution < -0.4 is 5.32 Å². The van der Waals surface area contributed by atoms with E-state index >= 15 is 0 Å². The summed E-state index contributed by atoms with van der Waals surface area (Å²) in [5, 5.41) is 30.5. The zero-order chi connectivity index (χ0) is 23.7. The molecule has 9 nitrogen and oxygen atoms in total. The number of nitrogens with zero attached hydrogens (tertiary/aromatic N) is 4. The van der Waals surface area contributed by atoms with Gasteiger partial charge < -0.3 is 20.4 Å². The summed E-state index contributed by atoms with van der Waals surface area (Å²) in [5.41, 5.74) is 0.0369. The maximum absolute atomic E-state index is 14.5. The summed E-state index contributed by atoms with van der Waals surface area (Å²) in [6, 6.07) is 1.41. The highest BCUT2D eigenvalue weighted by molar-refractivity contribution is 6.07. The number of anilines is 1. The number of carbonyl (C=O) groups is 1. The average molecular weight is 474 g/mol. The molecule has 12 heteroatoms. The molecule has 2 aliphatic carbocycles. The fourth-order valence-corrected chi connectivity index (χ4v) is 5.45. The smallest absolute Gasteiger partial charge is 0.273 e. The highest BCUT2D eigenvalue weighted by Crippen LogP contribution is 2.53. The lowest BCUT2D eigenvalue weighted by Crippen LogP contribution is -2.38. The number of hydrogen-bond donors (Lipinski definition) is 4. The van der Waals surface area contributed by atoms with Crippen molar-refractivity contribution in [2.45, 2.75) is 43.3 Å². The third kappa shape index (κ3) is 3.23. The molecule has 3 heterocycles. The molecule has 3 fully saturated rings. The highest BCUT2D eigenvalue weighted by Gasteiger charge is 2.59. The molecule has 2 aromatic heterocycles. The normalized spacial score (nSPS) is 32.3. The average Bonchev–Trinajstić information content (AvgIpc) is 3.22. The van der Waals surface area contributed by atoms with Crippen molar-refractivity contribution in [2.24, 2.45) is 11.8 Å². The third-order valence-corrected chi connectivity index (χ3v) is 7.20. The van der Waals surface area contributed by atoms with Crippen LogP contribution in [0, 0.1) is 23.5 Å². The van der Waals surface area contributed by atoms with Crippen molar-refractivity contribution in [1.82, 2.24) is 25.1 Å². The topological polar surface area (TPSA) is 127 Å². The second kappa shape index (κ2) is 7.64. The van der Waals surface area contributed by atoms with Gasteiger partial charge in [-0.2, -0.15) is 5.10 Å². The number of rotatable bonds is 4. The van der Waals surface area contributed by atoms with E-state index < -0.39 is 48.0 Å². The molecule has 6 rings (SSSR count). The fraction of sp³-hybridized carbons (Fsp3) is 0.455. The molecule has 1 aliphatic heterocycles. The van der Waals surface area contributed by atoms with Gasteiger partial charge in [0.1, 0.15) is 41.7 Å². The molecule has 4 N–H and O–H groups in total. The first-order valence-corrected chi connectivity index (χ1v) is 11.0. The number of aliphatic hydroxyl groups is 2. The molecule has 3 aliphatic rings. The van der Waals surface area contributed by atoms with E-state index in [1.165, 1.54) is 6.33 Å². The van der Waals surface area contributed by atoms with E-state index in [4.69, 9.17) is 0 Å². The van der Waals surface area contributed by atoms with E-state index in [-0.39, 0.29) is 52.9 Å². The Morgan fingerprint density at radius 1 is 1.15 bits per heavy atom. The lowest BCUT2D eigenvalue weighted by molar-refractivity contribution is 0.0201. The Hall–Kier alpha value is -3.25. The number of likely N-dealkylation sites (tertiary alicyclic amines) is 1. The third-order valence-electron chi connectivity index (χ3n) is 7.20. The van der Waals surface area contributed by atoms with Crippen molar-refractivity contribution in [1.29, 1.82) is 0 Å². The summed E-state index contributed by atoms with van der Waals surface area (Å²) in [7, 11) is 0. The van der Waals surface area contributed by atoms with Crippen molar-refractivity contribution in [3.8, 4) is 0 Å². The maximum Gasteiger partial charge on any atom is 0.273 e. The van der Waals surface area contributed by atoms with E-state index in [1.54, 1.807) is 0 Å². The number of fused-ring (bicyclic) bond motifs is 2. The van der Waals surface area contributed by atoms with Gasteiger partial charge in [-0.1, -0.05) is 0 Å². The van der Waals surface area contributed by atoms with Gasteiger partial charge in [0, 0.05) is 12.0 Å². The number of aromatic amines is 1. The Kier molecular flexibility index (Phi) is 4.78. The molecule has 1 amide bonds. The predicted molar refractivity (Wildman–Crippen MR) is 112 cm³/mol. The number of H-pyrrole nitrogens is 1. The number of amides is 1. The van der Waals surface area contributed by atoms with Crippen molar-refractivity contribution in [2.75, 3.05) is 11.9 Å². The van der Waals surface area contributed by atoms with Gasteiger partial charge in [0.2, 0.25) is 0 Å². The van der Waals surface area contributed by atoms with Gasteiger partial charge in [0.25, 0.3) is 5.91 Å². The molecule has 3 aromatic rings. The summed E-state index contributed by atoms with van der Waals surface area (Å²) in [6.07, 6.45) is -1.39. The summed E-state index contributed by atoms with van der Waals surface area (Å²) in [5.74, 6) is -1.75. The second-order valence-electron chi connectivity index (χ2n) is 9.21. The highest BCUT2D eigenvalue weighted by atomic mass is 19.1. The Balaban J connectivity index is 1.36. The second-order valence-corrected chi connectivity index (χ2v) is 9.21. The van der Waals surface area contributed by atoms with E-state index in [9.17, 15) is 28.2 Å². The van der Waals surface area contributed by atoms with Gasteiger partial charge in [0.05, 0.1) is 30.1 Å². The minimum Gasteiger partial charge on any atom is -0.390 e. The first-order valence-electron chi connectivity index (χ1n) is 11.0. The zero-order valence-electron chi connectivity index (χ0n) is 17.7. The molecule has 7 atom stereocenters. The quantitative estimate of drug-likeness (QED) is 0.453. The molecule has 2 saturated carbocycles. The minimum atomic E-state index is -1.42. The Labute approximate surface area is 191 Å². The minimum absolute atomic E-state index is 0.0169. The summed E-state index contributed by atoms with van der Waals surface area (Å²) in [4.78, 5) is 23.0. The largest absolute Gasteiger partial charge is 0.390 e. The Morgan fingerprint density at radius 3 is 2.74 bits per heavy atom. The van der Waals surface area contributed by atoms with E-state index in [1.807, 2.05) is 0 Å². The van der Waals surface area contributed by atoms with Crippen LogP contribution >= 0.6 is 0 Å². The standard InChI is InChI=1S/C22H21F3N6O3/c23-8-1-2-13(25)12(3-8)14-4-9(24)6-31(14)22(34)17-15-20(26-7-27-21(15)30-29-17)28-16-10-5-11(10)18(32)19(16)33/h1-3,7,9-11,14,16,18-19,32-33H,4-6H2,(H2,26,27,28,29,30)/t9-,10-,11+,14+,16+,18+,19-/m0/s1. The molecule has 0 spiro atoms. The molecular formula is C22H21F3N6O3. The van der Waals surface area contributed by atoms with Crippen LogP contribution in [0.4, 0.5) is 19.0 Å². The number of nitrogens with one attached hydrogen (secondary N) is 2. The van der Waals surface area contributed by atoms with E-state index in [2.05, 4.69) is 25.5 Å². The van der Waals surface area contributed by atoms with Crippen LogP contribution in [0.15, 0.2) is 24.5 Å². The van der Waals surface area contributed by atoms with Gasteiger partial charge in [0.15, 0.2) is 5.65 Å². The van der Waals surface area contributed by atoms with Crippen molar-refractivity contribution < 1.29 is 28.2 Å². The molecule has 0 bridgehead atoms. The molecule has 1 saturated heterocycles.